The first-order chi connectivity index (χ1) is 22.2. The van der Waals surface area contributed by atoms with Gasteiger partial charge in [0.15, 0.2) is 14.2 Å². The minimum absolute atomic E-state index is 0.00638. The number of carbonyl (C=O) groups is 1. The van der Waals surface area contributed by atoms with Gasteiger partial charge in [-0.2, -0.15) is 0 Å². The molecule has 0 bridgehead atoms. The van der Waals surface area contributed by atoms with E-state index >= 15 is 0 Å². The molecule has 10 nitrogen and oxygen atoms in total. The first kappa shape index (κ1) is 29.9. The summed E-state index contributed by atoms with van der Waals surface area (Å²) in [5.41, 5.74) is 2.53. The number of nitro benzene ring substituents is 1. The summed E-state index contributed by atoms with van der Waals surface area (Å²) in [7, 11) is 0. The molecule has 0 radical (unpaired) electrons. The van der Waals surface area contributed by atoms with Gasteiger partial charge in [-0.05, 0) is 66.7 Å². The number of non-ortho nitro benzene ring substituents is 1. The highest BCUT2D eigenvalue weighted by molar-refractivity contribution is 8.01. The molecule has 4 heterocycles. The minimum atomic E-state index is -0.739. The summed E-state index contributed by atoms with van der Waals surface area (Å²) < 4.78 is 9.29. The highest BCUT2D eigenvalue weighted by Crippen LogP contribution is 2.36. The largest absolute Gasteiger partial charge is 0.450 e. The number of hydrogen-bond acceptors (Lipinski definition) is 10. The minimum Gasteiger partial charge on any atom is -0.450 e. The Bertz CT molecular complexity index is 2380. The Labute approximate surface area is 277 Å². The summed E-state index contributed by atoms with van der Waals surface area (Å²) in [6, 6.07) is 23.5. The van der Waals surface area contributed by atoms with E-state index in [0.29, 0.717) is 62.3 Å². The third kappa shape index (κ3) is 5.81. The Hall–Kier alpha value is -4.82. The summed E-state index contributed by atoms with van der Waals surface area (Å²) in [5, 5.41) is 15.1. The lowest BCUT2D eigenvalue weighted by Gasteiger charge is -2.25. The fourth-order valence-electron chi connectivity index (χ4n) is 5.02. The first-order valence-corrected chi connectivity index (χ1v) is 16.5. The van der Waals surface area contributed by atoms with Gasteiger partial charge >= 0.3 is 0 Å². The number of anilines is 1. The summed E-state index contributed by atoms with van der Waals surface area (Å²) in [6.07, 6.45) is 1.65. The van der Waals surface area contributed by atoms with E-state index in [4.69, 9.17) is 16.0 Å². The van der Waals surface area contributed by atoms with Crippen LogP contribution in [0.4, 0.5) is 11.4 Å². The second-order valence-corrected chi connectivity index (χ2v) is 13.8. The average molecular weight is 686 g/mol. The Balaban J connectivity index is 1.23. The smallest absolute Gasteiger partial charge is 0.271 e. The number of rotatable bonds is 7. The van der Waals surface area contributed by atoms with Crippen molar-refractivity contribution < 1.29 is 14.1 Å². The second-order valence-electron chi connectivity index (χ2n) is 10.1. The van der Waals surface area contributed by atoms with Crippen LogP contribution in [0.1, 0.15) is 24.3 Å². The molecule has 7 rings (SSSR count). The molecule has 0 saturated heterocycles. The number of para-hydroxylation sites is 1. The molecule has 1 aliphatic rings. The molecule has 1 aliphatic heterocycles. The van der Waals surface area contributed by atoms with Crippen LogP contribution < -0.4 is 20.2 Å². The molecule has 0 saturated carbocycles. The molecule has 46 heavy (non-hydrogen) atoms. The number of thiazole rings is 2. The molecular weight excluding hydrogens is 666 g/mol. The molecule has 1 amide bonds. The van der Waals surface area contributed by atoms with Crippen molar-refractivity contribution in [2.24, 2.45) is 4.99 Å². The number of nitro groups is 1. The summed E-state index contributed by atoms with van der Waals surface area (Å²) >= 11 is 10.00. The van der Waals surface area contributed by atoms with Gasteiger partial charge < -0.3 is 9.73 Å². The number of furan rings is 1. The lowest BCUT2D eigenvalue weighted by atomic mass is 9.95. The Kier molecular flexibility index (Phi) is 7.90. The number of hydrogen-bond donors (Lipinski definition) is 1. The maximum atomic E-state index is 14.0. The molecule has 0 unspecified atom stereocenters. The van der Waals surface area contributed by atoms with E-state index in [9.17, 15) is 19.7 Å². The van der Waals surface area contributed by atoms with Crippen LogP contribution in [0.25, 0.3) is 16.3 Å². The quantitative estimate of drug-likeness (QED) is 0.145. The van der Waals surface area contributed by atoms with E-state index in [-0.39, 0.29) is 17.2 Å². The number of aromatic nitrogens is 2. The van der Waals surface area contributed by atoms with Crippen molar-refractivity contribution >= 4 is 79.6 Å². The van der Waals surface area contributed by atoms with Crippen LogP contribution in [0.2, 0.25) is 5.02 Å². The summed E-state index contributed by atoms with van der Waals surface area (Å²) in [6.45, 7) is 1.76. The number of amides is 1. The van der Waals surface area contributed by atoms with Gasteiger partial charge in [0.05, 0.1) is 37.0 Å². The Morgan fingerprint density at radius 3 is 2.63 bits per heavy atom. The van der Waals surface area contributed by atoms with Crippen molar-refractivity contribution in [3.63, 3.8) is 0 Å². The van der Waals surface area contributed by atoms with Gasteiger partial charge in [-0.15, -0.1) is 11.3 Å². The molecule has 3 aromatic carbocycles. The normalized spacial score (nSPS) is 14.7. The molecule has 0 aliphatic carbocycles. The number of nitrogens with zero attached hydrogens (tertiary/aromatic N) is 4. The average Bonchev–Trinajstić information content (AvgIpc) is 3.74. The van der Waals surface area contributed by atoms with Crippen molar-refractivity contribution in [2.75, 3.05) is 5.32 Å². The molecule has 3 aromatic heterocycles. The van der Waals surface area contributed by atoms with Gasteiger partial charge in [-0.25, -0.2) is 9.98 Å². The fraction of sp³-hybridized carbons (Fsp3) is 0.0625. The zero-order chi connectivity index (χ0) is 31.9. The van der Waals surface area contributed by atoms with Gasteiger partial charge in [-0.1, -0.05) is 53.3 Å². The fourth-order valence-corrected chi connectivity index (χ4v) is 8.18. The number of carbonyl (C=O) groups excluding carboxylic acids is 1. The molecular formula is C32H20ClN5O5S3. The highest BCUT2D eigenvalue weighted by atomic mass is 35.5. The van der Waals surface area contributed by atoms with E-state index in [0.717, 1.165) is 0 Å². The standard InChI is InChI=1S/C32H20ClN5O5S3/c1-17-27(29(39)35-20-5-3-2-4-6-20)28(18-7-9-19(33)10-8-18)37-30(40)25(44-31(37)34-17)16-22-12-14-26(43-22)46-32-36-23-13-11-21(38(41)42)15-24(23)45-32/h2-16,28H,1H3,(H,35,39)/b25-16-/t28-/m0/s1. The van der Waals surface area contributed by atoms with Crippen LogP contribution in [0, 0.1) is 10.1 Å². The molecule has 14 heteroatoms. The van der Waals surface area contributed by atoms with E-state index in [1.807, 2.05) is 18.2 Å². The predicted octanol–water partition coefficient (Wildman–Crippen LogP) is 6.79. The number of halogens is 1. The number of nitrogens with one attached hydrogen (secondary N) is 1. The van der Waals surface area contributed by atoms with Crippen molar-refractivity contribution in [2.45, 2.75) is 22.4 Å². The predicted molar refractivity (Wildman–Crippen MR) is 179 cm³/mol. The monoisotopic (exact) mass is 685 g/mol. The van der Waals surface area contributed by atoms with Gasteiger partial charge in [0.1, 0.15) is 5.76 Å². The zero-order valence-corrected chi connectivity index (χ0v) is 26.9. The van der Waals surface area contributed by atoms with Gasteiger partial charge in [-0.3, -0.25) is 24.3 Å². The topological polar surface area (TPSA) is 133 Å². The maximum absolute atomic E-state index is 14.0. The van der Waals surface area contributed by atoms with Crippen molar-refractivity contribution in [3.8, 4) is 0 Å². The molecule has 228 valence electrons. The third-order valence-corrected chi connectivity index (χ3v) is 10.3. The van der Waals surface area contributed by atoms with Crippen molar-refractivity contribution in [1.29, 1.82) is 0 Å². The van der Waals surface area contributed by atoms with Gasteiger partial charge in [0, 0.05) is 28.9 Å². The molecule has 1 N–H and O–H groups in total. The van der Waals surface area contributed by atoms with E-state index in [2.05, 4.69) is 15.3 Å². The van der Waals surface area contributed by atoms with Crippen LogP contribution in [-0.2, 0) is 4.79 Å². The third-order valence-electron chi connectivity index (χ3n) is 7.11. The number of benzene rings is 3. The number of allylic oxidation sites excluding steroid dienone is 1. The van der Waals surface area contributed by atoms with Crippen LogP contribution in [0.5, 0.6) is 0 Å². The van der Waals surface area contributed by atoms with Crippen molar-refractivity contribution in [3.05, 3.63) is 142 Å². The van der Waals surface area contributed by atoms with Crippen LogP contribution in [0.3, 0.4) is 0 Å². The van der Waals surface area contributed by atoms with Gasteiger partial charge in [0.25, 0.3) is 17.2 Å². The van der Waals surface area contributed by atoms with Gasteiger partial charge in [0.2, 0.25) is 0 Å². The van der Waals surface area contributed by atoms with Crippen LogP contribution in [-0.4, -0.2) is 20.4 Å². The summed E-state index contributed by atoms with van der Waals surface area (Å²) in [5.74, 6) is 0.0872. The molecule has 6 aromatic rings. The second kappa shape index (κ2) is 12.2. The SMILES string of the molecule is CC1=C(C(=O)Nc2ccccc2)[C@H](c2ccc(Cl)cc2)n2c(s/c(=C\c3ccc(Sc4nc5ccc([N+](=O)[O-])cc5s4)o3)c2=O)=N1. The number of fused-ring (bicyclic) bond motifs is 2. The Morgan fingerprint density at radius 2 is 1.87 bits per heavy atom. The lowest BCUT2D eigenvalue weighted by Crippen LogP contribution is -2.40. The molecule has 1 atom stereocenters. The first-order valence-electron chi connectivity index (χ1n) is 13.7. The lowest BCUT2D eigenvalue weighted by molar-refractivity contribution is -0.384. The van der Waals surface area contributed by atoms with Crippen LogP contribution >= 0.6 is 46.0 Å². The van der Waals surface area contributed by atoms with E-state index < -0.39 is 11.0 Å². The Morgan fingerprint density at radius 1 is 1.09 bits per heavy atom. The summed E-state index contributed by atoms with van der Waals surface area (Å²) in [4.78, 5) is 48.0. The van der Waals surface area contributed by atoms with Crippen molar-refractivity contribution in [1.82, 2.24) is 9.55 Å². The zero-order valence-electron chi connectivity index (χ0n) is 23.7. The van der Waals surface area contributed by atoms with Crippen LogP contribution in [0.15, 0.2) is 120 Å². The molecule has 0 spiro atoms. The maximum Gasteiger partial charge on any atom is 0.271 e. The van der Waals surface area contributed by atoms with E-state index in [1.54, 1.807) is 67.6 Å². The van der Waals surface area contributed by atoms with E-state index in [1.165, 1.54) is 51.1 Å². The molecule has 0 fully saturated rings. The highest BCUT2D eigenvalue weighted by Gasteiger charge is 2.32.